The first-order valence-corrected chi connectivity index (χ1v) is 14.2. The van der Waals surface area contributed by atoms with Crippen LogP contribution in [0.1, 0.15) is 42.3 Å². The Morgan fingerprint density at radius 2 is 1.79 bits per heavy atom. The lowest BCUT2D eigenvalue weighted by Crippen LogP contribution is -2.25. The highest BCUT2D eigenvalue weighted by Gasteiger charge is 2.54. The average molecular weight is 633 g/mol. The minimum Gasteiger partial charge on any atom is -0.478 e. The van der Waals surface area contributed by atoms with Crippen molar-refractivity contribution >= 4 is 46.8 Å². The molecular weight excluding hydrogens is 609 g/mol. The fraction of sp³-hybridized carbons (Fsp3) is 0.292. The van der Waals surface area contributed by atoms with Gasteiger partial charge in [-0.15, -0.1) is 11.3 Å². The van der Waals surface area contributed by atoms with Gasteiger partial charge in [-0.1, -0.05) is 40.2 Å². The van der Waals surface area contributed by atoms with Gasteiger partial charge in [0.2, 0.25) is 6.79 Å². The van der Waals surface area contributed by atoms with E-state index in [-0.39, 0.29) is 21.4 Å². The number of carboxylic acids is 1. The molecule has 38 heavy (non-hydrogen) atoms. The van der Waals surface area contributed by atoms with E-state index in [0.717, 1.165) is 17.4 Å². The molecule has 1 aromatic heterocycles. The standard InChI is InChI=1S/C24H24BrF2N2O7PS/c1-23(2,3)21(32)35-13-36-37(33,34)24(26,27)17-9-4-14(10-18(17)25)11-29-19(12-38-22(29)28)15-5-7-16(8-6-15)20(30)31/h4-10,12,28H,11,13H2,1-3H3,(H,30,31)(H,33,34). The number of aromatic carboxylic acids is 1. The van der Waals surface area contributed by atoms with Crippen LogP contribution < -0.4 is 4.80 Å². The van der Waals surface area contributed by atoms with Crippen LogP contribution in [0.25, 0.3) is 11.3 Å². The van der Waals surface area contributed by atoms with Gasteiger partial charge in [-0.25, -0.2) is 4.79 Å². The molecule has 1 heterocycles. The summed E-state index contributed by atoms with van der Waals surface area (Å²) >= 11 is 4.18. The second-order valence-electron chi connectivity index (χ2n) is 9.20. The van der Waals surface area contributed by atoms with Gasteiger partial charge in [-0.3, -0.25) is 19.3 Å². The first-order valence-electron chi connectivity index (χ1n) is 10.9. The van der Waals surface area contributed by atoms with E-state index in [1.807, 2.05) is 0 Å². The van der Waals surface area contributed by atoms with Crippen LogP contribution in [0.5, 0.6) is 0 Å². The third kappa shape index (κ3) is 6.47. The maximum Gasteiger partial charge on any atom is 0.404 e. The van der Waals surface area contributed by atoms with Crippen LogP contribution in [0.4, 0.5) is 8.78 Å². The molecule has 0 saturated heterocycles. The molecule has 0 fully saturated rings. The molecule has 2 aromatic carbocycles. The summed E-state index contributed by atoms with van der Waals surface area (Å²) in [6, 6.07) is 9.74. The van der Waals surface area contributed by atoms with E-state index < -0.39 is 43.0 Å². The number of nitrogens with one attached hydrogen (secondary N) is 1. The van der Waals surface area contributed by atoms with Gasteiger partial charge in [0.1, 0.15) is 0 Å². The Kier molecular flexibility index (Phi) is 8.79. The molecule has 1 unspecified atom stereocenters. The van der Waals surface area contributed by atoms with Gasteiger partial charge >= 0.3 is 25.2 Å². The van der Waals surface area contributed by atoms with E-state index in [1.165, 1.54) is 45.0 Å². The maximum atomic E-state index is 15.0. The number of hydrogen-bond acceptors (Lipinski definition) is 7. The third-order valence-corrected chi connectivity index (χ3v) is 8.18. The van der Waals surface area contributed by atoms with E-state index in [1.54, 1.807) is 22.1 Å². The number of halogens is 3. The summed E-state index contributed by atoms with van der Waals surface area (Å²) in [6.07, 6.45) is 0. The van der Waals surface area contributed by atoms with Crippen LogP contribution in [0, 0.1) is 10.8 Å². The Morgan fingerprint density at radius 1 is 1.16 bits per heavy atom. The number of carbonyl (C=O) groups excluding carboxylic acids is 1. The molecule has 3 aromatic rings. The van der Waals surface area contributed by atoms with Crippen molar-refractivity contribution in [3.63, 3.8) is 0 Å². The van der Waals surface area contributed by atoms with Gasteiger partial charge in [0.15, 0.2) is 4.80 Å². The van der Waals surface area contributed by atoms with Crippen LogP contribution in [0.2, 0.25) is 0 Å². The normalized spacial score (nSPS) is 13.7. The SMILES string of the molecule is CC(C)(C)C(=O)OCOP(=O)(O)C(F)(F)c1ccc(Cn2c(-c3ccc(C(=O)O)cc3)csc2=N)cc1Br. The number of benzene rings is 2. The number of esters is 1. The van der Waals surface area contributed by atoms with Gasteiger partial charge < -0.3 is 19.3 Å². The highest BCUT2D eigenvalue weighted by molar-refractivity contribution is 9.10. The molecule has 0 spiro atoms. The molecule has 3 rings (SSSR count). The summed E-state index contributed by atoms with van der Waals surface area (Å²) < 4.78 is 53.0. The maximum absolute atomic E-state index is 15.0. The summed E-state index contributed by atoms with van der Waals surface area (Å²) in [5, 5.41) is 19.1. The zero-order chi connectivity index (χ0) is 28.5. The zero-order valence-corrected chi connectivity index (χ0v) is 23.7. The third-order valence-electron chi connectivity index (χ3n) is 5.33. The second-order valence-corrected chi connectivity index (χ2v) is 12.8. The second kappa shape index (κ2) is 11.2. The minimum absolute atomic E-state index is 0.110. The quantitative estimate of drug-likeness (QED) is 0.149. The molecule has 3 N–H and O–H groups in total. The Morgan fingerprint density at radius 3 is 2.34 bits per heavy atom. The van der Waals surface area contributed by atoms with Crippen molar-refractivity contribution in [1.29, 1.82) is 5.41 Å². The van der Waals surface area contributed by atoms with Crippen LogP contribution in [-0.4, -0.2) is 33.3 Å². The fourth-order valence-corrected chi connectivity index (χ4v) is 5.66. The van der Waals surface area contributed by atoms with E-state index >= 15 is 8.78 Å². The molecule has 204 valence electrons. The van der Waals surface area contributed by atoms with Crippen molar-refractivity contribution in [2.45, 2.75) is 33.0 Å². The number of ether oxygens (including phenoxy) is 1. The Bertz CT molecular complexity index is 1470. The molecule has 0 aliphatic rings. The fourth-order valence-electron chi connectivity index (χ4n) is 3.20. The first-order chi connectivity index (χ1) is 17.5. The molecule has 0 saturated carbocycles. The van der Waals surface area contributed by atoms with E-state index in [9.17, 15) is 19.0 Å². The number of thiazole rings is 1. The van der Waals surface area contributed by atoms with Gasteiger partial charge in [-0.2, -0.15) is 8.78 Å². The highest BCUT2D eigenvalue weighted by Crippen LogP contribution is 2.64. The summed E-state index contributed by atoms with van der Waals surface area (Å²) in [4.78, 5) is 33.0. The predicted molar refractivity (Wildman–Crippen MR) is 139 cm³/mol. The number of carboxylic acid groups (broad SMARTS) is 1. The van der Waals surface area contributed by atoms with Crippen LogP contribution in [-0.2, 0) is 30.8 Å². The Labute approximate surface area is 228 Å². The van der Waals surface area contributed by atoms with Crippen molar-refractivity contribution in [2.75, 3.05) is 6.79 Å². The van der Waals surface area contributed by atoms with Crippen LogP contribution >= 0.6 is 34.9 Å². The molecule has 0 amide bonds. The summed E-state index contributed by atoms with van der Waals surface area (Å²) in [5.41, 5.74) is -4.18. The molecule has 14 heteroatoms. The average Bonchev–Trinajstić information content (AvgIpc) is 3.18. The van der Waals surface area contributed by atoms with Gasteiger partial charge in [-0.05, 0) is 50.1 Å². The molecule has 0 aliphatic carbocycles. The lowest BCUT2D eigenvalue weighted by molar-refractivity contribution is -0.160. The smallest absolute Gasteiger partial charge is 0.404 e. The number of nitrogens with zero attached hydrogens (tertiary/aromatic N) is 1. The number of carbonyl (C=O) groups is 2. The Balaban J connectivity index is 1.81. The number of rotatable bonds is 9. The van der Waals surface area contributed by atoms with E-state index in [2.05, 4.69) is 25.2 Å². The minimum atomic E-state index is -5.61. The van der Waals surface area contributed by atoms with Crippen molar-refractivity contribution in [1.82, 2.24) is 4.57 Å². The van der Waals surface area contributed by atoms with E-state index in [0.29, 0.717) is 16.8 Å². The lowest BCUT2D eigenvalue weighted by Gasteiger charge is -2.24. The molecule has 1 atom stereocenters. The highest BCUT2D eigenvalue weighted by atomic mass is 79.9. The monoisotopic (exact) mass is 632 g/mol. The lowest BCUT2D eigenvalue weighted by atomic mass is 9.98. The molecule has 0 bridgehead atoms. The van der Waals surface area contributed by atoms with Gasteiger partial charge in [0, 0.05) is 15.4 Å². The molecular formula is C24H24BrF2N2O7PS. The summed E-state index contributed by atoms with van der Waals surface area (Å²) in [5.74, 6) is -1.86. The van der Waals surface area contributed by atoms with Crippen molar-refractivity contribution in [3.8, 4) is 11.3 Å². The number of alkyl halides is 2. The predicted octanol–water partition coefficient (Wildman–Crippen LogP) is 6.00. The van der Waals surface area contributed by atoms with E-state index in [4.69, 9.17) is 10.5 Å². The first kappa shape index (κ1) is 29.9. The van der Waals surface area contributed by atoms with Crippen molar-refractivity contribution < 1.29 is 42.2 Å². The molecule has 9 nitrogen and oxygen atoms in total. The zero-order valence-electron chi connectivity index (χ0n) is 20.4. The number of aromatic nitrogens is 1. The summed E-state index contributed by atoms with van der Waals surface area (Å²) in [6.45, 7) is 3.57. The largest absolute Gasteiger partial charge is 0.478 e. The topological polar surface area (TPSA) is 139 Å². The van der Waals surface area contributed by atoms with Crippen molar-refractivity contribution in [2.24, 2.45) is 5.41 Å². The van der Waals surface area contributed by atoms with Crippen molar-refractivity contribution in [3.05, 3.63) is 73.8 Å². The number of hydrogen-bond donors (Lipinski definition) is 3. The molecule has 0 aliphatic heterocycles. The van der Waals surface area contributed by atoms with Gasteiger partial charge in [0.25, 0.3) is 0 Å². The Hall–Kier alpha value is -2.70. The summed E-state index contributed by atoms with van der Waals surface area (Å²) in [7, 11) is -5.61. The molecule has 0 radical (unpaired) electrons. The van der Waals surface area contributed by atoms with Gasteiger partial charge in [0.05, 0.1) is 23.2 Å². The van der Waals surface area contributed by atoms with Crippen LogP contribution in [0.15, 0.2) is 52.3 Å². The van der Waals surface area contributed by atoms with Crippen LogP contribution in [0.3, 0.4) is 0 Å².